The van der Waals surface area contributed by atoms with Crippen LogP contribution in [0.5, 0.6) is 0 Å². The first kappa shape index (κ1) is 55.5. The molecule has 0 saturated carbocycles. The van der Waals surface area contributed by atoms with Crippen LogP contribution in [0.4, 0.5) is 0 Å². The zero-order chi connectivity index (χ0) is 41.7. The second kappa shape index (κ2) is 45.6. The molecule has 6 heteroatoms. The third-order valence-electron chi connectivity index (χ3n) is 11.6. The second-order valence-corrected chi connectivity index (χ2v) is 17.1. The normalized spacial score (nSPS) is 14.3. The lowest BCUT2D eigenvalue weighted by molar-refractivity contribution is -0.132. The number of aliphatic hydroxyl groups is 4. The summed E-state index contributed by atoms with van der Waals surface area (Å²) in [5.41, 5.74) is 0. The predicted octanol–water partition coefficient (Wildman–Crippen LogP) is 13.7. The van der Waals surface area contributed by atoms with E-state index in [1.165, 1.54) is 167 Å². The molecule has 5 N–H and O–H groups in total. The van der Waals surface area contributed by atoms with E-state index in [1.807, 2.05) is 0 Å². The summed E-state index contributed by atoms with van der Waals surface area (Å²) in [5, 5.41) is 43.8. The highest BCUT2D eigenvalue weighted by Crippen LogP contribution is 2.16. The third-order valence-corrected chi connectivity index (χ3v) is 11.6. The monoisotopic (exact) mass is 804 g/mol. The van der Waals surface area contributed by atoms with Gasteiger partial charge in [-0.05, 0) is 64.2 Å². The first-order chi connectivity index (χ1) is 28.0. The minimum absolute atomic E-state index is 0.362. The highest BCUT2D eigenvalue weighted by Gasteiger charge is 2.28. The molecule has 4 unspecified atom stereocenters. The van der Waals surface area contributed by atoms with Crippen LogP contribution in [0.1, 0.15) is 251 Å². The molecule has 0 aromatic rings. The fourth-order valence-electron chi connectivity index (χ4n) is 7.61. The fraction of sp³-hybridized carbons (Fsp3) is 0.863. The Morgan fingerprint density at radius 1 is 0.421 bits per heavy atom. The van der Waals surface area contributed by atoms with Gasteiger partial charge in [0.05, 0.1) is 18.8 Å². The van der Waals surface area contributed by atoms with E-state index < -0.39 is 36.9 Å². The Balaban J connectivity index is 3.76. The molecule has 336 valence electrons. The number of amides is 1. The maximum Gasteiger partial charge on any atom is 0.249 e. The Bertz CT molecular complexity index is 904. The maximum atomic E-state index is 12.5. The van der Waals surface area contributed by atoms with Crippen molar-refractivity contribution in [1.29, 1.82) is 0 Å². The fourth-order valence-corrected chi connectivity index (χ4v) is 7.61. The van der Waals surface area contributed by atoms with Gasteiger partial charge in [0.25, 0.3) is 0 Å². The first-order valence-electron chi connectivity index (χ1n) is 24.9. The Kier molecular flexibility index (Phi) is 44.4. The van der Waals surface area contributed by atoms with Crippen LogP contribution in [0.2, 0.25) is 0 Å². The summed E-state index contributed by atoms with van der Waals surface area (Å²) >= 11 is 0. The molecular weight excluding hydrogens is 707 g/mol. The molecule has 0 radical (unpaired) electrons. The molecular formula is C51H97NO5. The van der Waals surface area contributed by atoms with E-state index in [0.717, 1.165) is 51.4 Å². The molecule has 4 atom stereocenters. The van der Waals surface area contributed by atoms with Crippen LogP contribution >= 0.6 is 0 Å². The Labute approximate surface area is 354 Å². The van der Waals surface area contributed by atoms with Crippen LogP contribution in [0.25, 0.3) is 0 Å². The molecule has 0 fully saturated rings. The van der Waals surface area contributed by atoms with E-state index >= 15 is 0 Å². The van der Waals surface area contributed by atoms with Crippen molar-refractivity contribution in [3.05, 3.63) is 36.5 Å². The van der Waals surface area contributed by atoms with Gasteiger partial charge >= 0.3 is 0 Å². The highest BCUT2D eigenvalue weighted by atomic mass is 16.3. The van der Waals surface area contributed by atoms with E-state index in [0.29, 0.717) is 19.3 Å². The number of rotatable bonds is 45. The molecule has 0 aromatic heterocycles. The third kappa shape index (κ3) is 39.7. The SMILES string of the molecule is CCCCCCCCCC/C=C/CC/C=C/CC/C=C/CCCC(O)C(O)C(CO)NC(=O)C(O)CCCCCCCCCCCCCCCCCCCCCC. The predicted molar refractivity (Wildman–Crippen MR) is 247 cm³/mol. The van der Waals surface area contributed by atoms with Crippen molar-refractivity contribution in [2.75, 3.05) is 6.61 Å². The van der Waals surface area contributed by atoms with Crippen molar-refractivity contribution in [1.82, 2.24) is 5.32 Å². The number of carbonyl (C=O) groups is 1. The van der Waals surface area contributed by atoms with Crippen LogP contribution < -0.4 is 5.32 Å². The highest BCUT2D eigenvalue weighted by molar-refractivity contribution is 5.80. The maximum absolute atomic E-state index is 12.5. The van der Waals surface area contributed by atoms with Gasteiger partial charge in [-0.25, -0.2) is 0 Å². The average Bonchev–Trinajstić information content (AvgIpc) is 3.22. The van der Waals surface area contributed by atoms with E-state index in [-0.39, 0.29) is 0 Å². The zero-order valence-corrected chi connectivity index (χ0v) is 37.8. The number of unbranched alkanes of at least 4 members (excludes halogenated alkanes) is 30. The van der Waals surface area contributed by atoms with E-state index in [4.69, 9.17) is 0 Å². The van der Waals surface area contributed by atoms with Gasteiger partial charge < -0.3 is 25.7 Å². The van der Waals surface area contributed by atoms with Gasteiger partial charge in [0, 0.05) is 0 Å². The summed E-state index contributed by atoms with van der Waals surface area (Å²) in [6, 6.07) is -1.01. The largest absolute Gasteiger partial charge is 0.394 e. The van der Waals surface area contributed by atoms with Gasteiger partial charge in [-0.3, -0.25) is 4.79 Å². The minimum Gasteiger partial charge on any atom is -0.394 e. The van der Waals surface area contributed by atoms with Crippen LogP contribution in [0.15, 0.2) is 36.5 Å². The number of carbonyl (C=O) groups excluding carboxylic acids is 1. The minimum atomic E-state index is -1.29. The summed E-state index contributed by atoms with van der Waals surface area (Å²) < 4.78 is 0. The lowest BCUT2D eigenvalue weighted by atomic mass is 10.00. The standard InChI is InChI=1S/C51H97NO5/c1-3-5-7-9-11-13-15-17-19-21-23-25-27-28-30-32-34-36-38-40-42-44-48(54)50(56)47(46-53)52-51(57)49(55)45-43-41-39-37-35-33-31-29-26-24-22-20-18-16-14-12-10-8-6-4-2/h21,23,28,30,36,38,47-50,53-56H,3-20,22,24-27,29,31-35,37,39-46H2,1-2H3,(H,52,57)/b23-21+,30-28+,38-36+. The molecule has 1 amide bonds. The quantitative estimate of drug-likeness (QED) is 0.0311. The number of hydrogen-bond donors (Lipinski definition) is 5. The van der Waals surface area contributed by atoms with Gasteiger partial charge in [-0.2, -0.15) is 0 Å². The molecule has 0 aliphatic heterocycles. The average molecular weight is 804 g/mol. The van der Waals surface area contributed by atoms with Gasteiger partial charge in [0.2, 0.25) is 5.91 Å². The lowest BCUT2D eigenvalue weighted by Gasteiger charge is -2.27. The Hall–Kier alpha value is -1.47. The van der Waals surface area contributed by atoms with Crippen molar-refractivity contribution in [2.45, 2.75) is 276 Å². The lowest BCUT2D eigenvalue weighted by Crippen LogP contribution is -2.53. The van der Waals surface area contributed by atoms with Crippen molar-refractivity contribution < 1.29 is 25.2 Å². The van der Waals surface area contributed by atoms with Crippen molar-refractivity contribution in [3.8, 4) is 0 Å². The van der Waals surface area contributed by atoms with Crippen molar-refractivity contribution >= 4 is 5.91 Å². The molecule has 0 rings (SSSR count). The molecule has 0 saturated heterocycles. The summed E-state index contributed by atoms with van der Waals surface area (Å²) in [6.07, 6.45) is 54.7. The van der Waals surface area contributed by atoms with Gasteiger partial charge in [-0.15, -0.1) is 0 Å². The number of allylic oxidation sites excluding steroid dienone is 6. The van der Waals surface area contributed by atoms with E-state index in [1.54, 1.807) is 0 Å². The van der Waals surface area contributed by atoms with Crippen LogP contribution in [0.3, 0.4) is 0 Å². The van der Waals surface area contributed by atoms with E-state index in [9.17, 15) is 25.2 Å². The topological polar surface area (TPSA) is 110 Å². The van der Waals surface area contributed by atoms with Crippen LogP contribution in [-0.4, -0.2) is 57.3 Å². The molecule has 0 heterocycles. The van der Waals surface area contributed by atoms with Crippen molar-refractivity contribution in [3.63, 3.8) is 0 Å². The van der Waals surface area contributed by atoms with Gasteiger partial charge in [0.1, 0.15) is 12.2 Å². The summed E-state index contributed by atoms with van der Waals surface area (Å²) in [5.74, 6) is -0.597. The Morgan fingerprint density at radius 3 is 1.11 bits per heavy atom. The molecule has 57 heavy (non-hydrogen) atoms. The Morgan fingerprint density at radius 2 is 0.737 bits per heavy atom. The summed E-state index contributed by atoms with van der Waals surface area (Å²) in [4.78, 5) is 12.5. The first-order valence-corrected chi connectivity index (χ1v) is 24.9. The molecule has 0 spiro atoms. The number of aliphatic hydroxyl groups excluding tert-OH is 4. The molecule has 0 bridgehead atoms. The molecule has 6 nitrogen and oxygen atoms in total. The van der Waals surface area contributed by atoms with Crippen LogP contribution in [-0.2, 0) is 4.79 Å². The van der Waals surface area contributed by atoms with E-state index in [2.05, 4.69) is 55.6 Å². The molecule has 0 aliphatic rings. The second-order valence-electron chi connectivity index (χ2n) is 17.1. The number of hydrogen-bond acceptors (Lipinski definition) is 5. The van der Waals surface area contributed by atoms with Gasteiger partial charge in [-0.1, -0.05) is 224 Å². The smallest absolute Gasteiger partial charge is 0.249 e. The molecule has 0 aromatic carbocycles. The zero-order valence-electron chi connectivity index (χ0n) is 37.8. The summed E-state index contributed by atoms with van der Waals surface area (Å²) in [7, 11) is 0. The van der Waals surface area contributed by atoms with Gasteiger partial charge in [0.15, 0.2) is 0 Å². The summed E-state index contributed by atoms with van der Waals surface area (Å²) in [6.45, 7) is 4.05. The number of nitrogens with one attached hydrogen (secondary N) is 1. The molecule has 0 aliphatic carbocycles. The van der Waals surface area contributed by atoms with Crippen LogP contribution in [0, 0.1) is 0 Å². The van der Waals surface area contributed by atoms with Crippen molar-refractivity contribution in [2.24, 2.45) is 0 Å².